The fourth-order valence-electron chi connectivity index (χ4n) is 4.76. The van der Waals surface area contributed by atoms with Crippen LogP contribution in [0.15, 0.2) is 47.4 Å². The van der Waals surface area contributed by atoms with Crippen LogP contribution in [-0.4, -0.2) is 20.1 Å². The minimum absolute atomic E-state index is 0.210. The molecular formula is C28H36N2O4S. The third kappa shape index (κ3) is 5.31. The maximum atomic E-state index is 11.8. The number of rotatable bonds is 9. The predicted molar refractivity (Wildman–Crippen MR) is 143 cm³/mol. The summed E-state index contributed by atoms with van der Waals surface area (Å²) in [6, 6.07) is 13.0. The highest BCUT2D eigenvalue weighted by atomic mass is 32.2. The zero-order chi connectivity index (χ0) is 25.9. The molecule has 0 bridgehead atoms. The maximum absolute atomic E-state index is 11.8. The van der Waals surface area contributed by atoms with E-state index in [1.807, 2.05) is 0 Å². The Labute approximate surface area is 209 Å². The van der Waals surface area contributed by atoms with E-state index in [-0.39, 0.29) is 10.8 Å². The van der Waals surface area contributed by atoms with Crippen molar-refractivity contribution in [3.05, 3.63) is 81.4 Å². The van der Waals surface area contributed by atoms with Gasteiger partial charge in [-0.3, -0.25) is 4.55 Å². The molecule has 0 aliphatic heterocycles. The summed E-state index contributed by atoms with van der Waals surface area (Å²) in [7, 11) is -2.87. The van der Waals surface area contributed by atoms with Gasteiger partial charge in [-0.05, 0) is 65.1 Å². The summed E-state index contributed by atoms with van der Waals surface area (Å²) < 4.78 is 38.9. The highest BCUT2D eigenvalue weighted by molar-refractivity contribution is 7.85. The van der Waals surface area contributed by atoms with Gasteiger partial charge in [0.2, 0.25) is 0 Å². The van der Waals surface area contributed by atoms with Crippen LogP contribution in [0.4, 0.5) is 11.4 Å². The third-order valence-corrected chi connectivity index (χ3v) is 7.60. The van der Waals surface area contributed by atoms with E-state index in [2.05, 4.69) is 52.0 Å². The van der Waals surface area contributed by atoms with Gasteiger partial charge in [0.15, 0.2) is 0 Å². The first-order valence-corrected chi connectivity index (χ1v) is 13.5. The highest BCUT2D eigenvalue weighted by Gasteiger charge is 2.25. The number of nitrogen functional groups attached to an aromatic ring is 2. The van der Waals surface area contributed by atoms with Gasteiger partial charge in [0.25, 0.3) is 10.1 Å². The molecule has 3 rings (SSSR count). The van der Waals surface area contributed by atoms with Crippen molar-refractivity contribution in [1.82, 2.24) is 0 Å². The molecule has 6 nitrogen and oxygen atoms in total. The summed E-state index contributed by atoms with van der Waals surface area (Å²) in [5.41, 5.74) is 21.7. The molecule has 0 saturated carbocycles. The van der Waals surface area contributed by atoms with E-state index >= 15 is 0 Å². The fourth-order valence-corrected chi connectivity index (χ4v) is 5.25. The molecule has 0 aromatic heterocycles. The second-order valence-corrected chi connectivity index (χ2v) is 10.2. The van der Waals surface area contributed by atoms with Gasteiger partial charge in [0.05, 0.1) is 12.0 Å². The third-order valence-electron chi connectivity index (χ3n) is 6.75. The number of methoxy groups -OCH3 is 1. The summed E-state index contributed by atoms with van der Waals surface area (Å²) >= 11 is 0. The van der Waals surface area contributed by atoms with Crippen molar-refractivity contribution in [1.29, 1.82) is 0 Å². The molecule has 0 aliphatic carbocycles. The summed E-state index contributed by atoms with van der Waals surface area (Å²) in [5.74, 6) is 0.124. The molecule has 0 amide bonds. The van der Waals surface area contributed by atoms with Crippen molar-refractivity contribution < 1.29 is 17.7 Å². The number of aryl methyl sites for hydroxylation is 4. The Kier molecular flexibility index (Phi) is 8.13. The summed E-state index contributed by atoms with van der Waals surface area (Å²) in [4.78, 5) is -0.210. The van der Waals surface area contributed by atoms with Crippen LogP contribution < -0.4 is 16.2 Å². The van der Waals surface area contributed by atoms with Gasteiger partial charge in [-0.15, -0.1) is 0 Å². The fraction of sp³-hybridized carbons (Fsp3) is 0.357. The standard InChI is InChI=1S/C28H36N2O4S/c1-6-17-12-21(13-18(7-2)27(17)29)26(22-14-19(8-3)28(30)20(9-4)15-22)24-11-10-23(35(31,32)33)16-25(24)34-5/h10-16,26H,6-9,29-30H2,1-5H3,(H,31,32,33). The first kappa shape index (κ1) is 26.6. The average molecular weight is 497 g/mol. The Morgan fingerprint density at radius 3 is 1.49 bits per heavy atom. The van der Waals surface area contributed by atoms with Crippen molar-refractivity contribution in [3.8, 4) is 5.75 Å². The molecule has 3 aromatic rings. The maximum Gasteiger partial charge on any atom is 0.294 e. The largest absolute Gasteiger partial charge is 0.496 e. The van der Waals surface area contributed by atoms with E-state index in [9.17, 15) is 13.0 Å². The SMILES string of the molecule is CCc1cc(C(c2cc(CC)c(N)c(CC)c2)c2ccc(S(=O)(=O)O)cc2OC)cc(CC)c1N. The van der Waals surface area contributed by atoms with Gasteiger partial charge in [-0.25, -0.2) is 0 Å². The van der Waals surface area contributed by atoms with Gasteiger partial charge >= 0.3 is 0 Å². The summed E-state index contributed by atoms with van der Waals surface area (Å²) in [6.45, 7) is 8.33. The van der Waals surface area contributed by atoms with E-state index in [1.54, 1.807) is 6.07 Å². The topological polar surface area (TPSA) is 116 Å². The summed E-state index contributed by atoms with van der Waals surface area (Å²) in [6.07, 6.45) is 3.17. The van der Waals surface area contributed by atoms with E-state index in [4.69, 9.17) is 16.2 Å². The Hall–Kier alpha value is -3.03. The molecule has 0 spiro atoms. The second-order valence-electron chi connectivity index (χ2n) is 8.73. The highest BCUT2D eigenvalue weighted by Crippen LogP contribution is 2.41. The molecule has 0 unspecified atom stereocenters. The smallest absolute Gasteiger partial charge is 0.294 e. The molecular weight excluding hydrogens is 460 g/mol. The number of nitrogens with two attached hydrogens (primary N) is 2. The molecule has 3 aromatic carbocycles. The molecule has 0 atom stereocenters. The number of anilines is 2. The lowest BCUT2D eigenvalue weighted by Gasteiger charge is -2.25. The number of hydrogen-bond acceptors (Lipinski definition) is 5. The van der Waals surface area contributed by atoms with Crippen LogP contribution in [0.1, 0.15) is 72.6 Å². The molecule has 35 heavy (non-hydrogen) atoms. The van der Waals surface area contributed by atoms with Crippen molar-refractivity contribution in [2.24, 2.45) is 0 Å². The minimum Gasteiger partial charge on any atom is -0.496 e. The van der Waals surface area contributed by atoms with Gasteiger partial charge in [0, 0.05) is 28.9 Å². The monoisotopic (exact) mass is 496 g/mol. The predicted octanol–water partition coefficient (Wildman–Crippen LogP) is 5.54. The Morgan fingerprint density at radius 2 is 1.17 bits per heavy atom. The summed E-state index contributed by atoms with van der Waals surface area (Å²) in [5, 5.41) is 0. The van der Waals surface area contributed by atoms with Crippen LogP contribution in [0, 0.1) is 0 Å². The molecule has 188 valence electrons. The van der Waals surface area contributed by atoms with E-state index in [1.165, 1.54) is 19.2 Å². The molecule has 7 heteroatoms. The van der Waals surface area contributed by atoms with Crippen molar-refractivity contribution in [3.63, 3.8) is 0 Å². The van der Waals surface area contributed by atoms with Gasteiger partial charge in [0.1, 0.15) is 5.75 Å². The normalized spacial score (nSPS) is 11.7. The first-order valence-electron chi connectivity index (χ1n) is 12.1. The number of ether oxygens (including phenoxy) is 1. The lowest BCUT2D eigenvalue weighted by Crippen LogP contribution is -2.11. The first-order chi connectivity index (χ1) is 16.6. The van der Waals surface area contributed by atoms with Crippen LogP contribution in [0.3, 0.4) is 0 Å². The van der Waals surface area contributed by atoms with E-state index < -0.39 is 10.1 Å². The quantitative estimate of drug-likeness (QED) is 0.204. The Morgan fingerprint density at radius 1 is 0.771 bits per heavy atom. The van der Waals surface area contributed by atoms with Gasteiger partial charge in [-0.2, -0.15) is 8.42 Å². The van der Waals surface area contributed by atoms with Crippen LogP contribution in [0.2, 0.25) is 0 Å². The Balaban J connectivity index is 2.41. The van der Waals surface area contributed by atoms with Gasteiger partial charge < -0.3 is 16.2 Å². The number of hydrogen-bond donors (Lipinski definition) is 3. The van der Waals surface area contributed by atoms with E-state index in [0.717, 1.165) is 76.0 Å². The molecule has 0 radical (unpaired) electrons. The van der Waals surface area contributed by atoms with Crippen molar-refractivity contribution in [2.75, 3.05) is 18.6 Å². The van der Waals surface area contributed by atoms with Crippen LogP contribution in [0.25, 0.3) is 0 Å². The Bertz CT molecular complexity index is 1220. The van der Waals surface area contributed by atoms with Crippen LogP contribution >= 0.6 is 0 Å². The molecule has 0 heterocycles. The molecule has 0 aliphatic rings. The molecule has 0 saturated heterocycles. The van der Waals surface area contributed by atoms with Crippen LogP contribution in [-0.2, 0) is 35.8 Å². The second kappa shape index (κ2) is 10.7. The van der Waals surface area contributed by atoms with Crippen molar-refractivity contribution >= 4 is 21.5 Å². The zero-order valence-corrected chi connectivity index (χ0v) is 22.0. The molecule has 0 fully saturated rings. The van der Waals surface area contributed by atoms with Crippen molar-refractivity contribution in [2.45, 2.75) is 64.2 Å². The lowest BCUT2D eigenvalue weighted by atomic mass is 9.80. The van der Waals surface area contributed by atoms with Gasteiger partial charge in [-0.1, -0.05) is 58.0 Å². The minimum atomic E-state index is -4.37. The lowest BCUT2D eigenvalue weighted by molar-refractivity contribution is 0.406. The zero-order valence-electron chi connectivity index (χ0n) is 21.2. The van der Waals surface area contributed by atoms with Crippen LogP contribution in [0.5, 0.6) is 5.75 Å². The molecule has 5 N–H and O–H groups in total. The number of benzene rings is 3. The van der Waals surface area contributed by atoms with E-state index in [0.29, 0.717) is 5.75 Å². The average Bonchev–Trinajstić information content (AvgIpc) is 2.84.